The third-order valence-corrected chi connectivity index (χ3v) is 9.85. The van der Waals surface area contributed by atoms with E-state index in [0.29, 0.717) is 45.2 Å². The number of carboxylic acids is 1. The Bertz CT molecular complexity index is 2080. The molecular weight excluding hydrogens is 658 g/mol. The molecule has 4 atom stereocenters. The molecule has 1 aromatic heterocycles. The lowest BCUT2D eigenvalue weighted by atomic mass is 9.73. The predicted molar refractivity (Wildman–Crippen MR) is 181 cm³/mol. The highest BCUT2D eigenvalue weighted by Crippen LogP contribution is 2.63. The predicted octanol–water partition coefficient (Wildman–Crippen LogP) is 7.48. The molecule has 0 unspecified atom stereocenters. The van der Waals surface area contributed by atoms with Crippen LogP contribution in [0, 0.1) is 5.82 Å². The molecule has 7 rings (SSSR count). The van der Waals surface area contributed by atoms with Crippen molar-refractivity contribution in [3.8, 4) is 5.88 Å². The highest BCUT2D eigenvalue weighted by atomic mass is 35.5. The number of benzene rings is 3. The molecule has 1 fully saturated rings. The number of ether oxygens (including phenoxy) is 2. The highest BCUT2D eigenvalue weighted by molar-refractivity contribution is 6.31. The zero-order valence-corrected chi connectivity index (χ0v) is 27.6. The van der Waals surface area contributed by atoms with Crippen LogP contribution >= 0.6 is 23.2 Å². The first-order valence-electron chi connectivity index (χ1n) is 15.4. The van der Waals surface area contributed by atoms with Gasteiger partial charge in [0.1, 0.15) is 18.0 Å². The first kappa shape index (κ1) is 31.9. The second kappa shape index (κ2) is 12.1. The number of anilines is 1. The van der Waals surface area contributed by atoms with Crippen molar-refractivity contribution < 1.29 is 28.6 Å². The van der Waals surface area contributed by atoms with E-state index in [0.717, 1.165) is 5.76 Å². The Morgan fingerprint density at radius 1 is 1.25 bits per heavy atom. The third-order valence-electron chi connectivity index (χ3n) is 9.32. The minimum atomic E-state index is -1.48. The molecule has 4 aromatic rings. The fourth-order valence-electron chi connectivity index (χ4n) is 7.47. The average Bonchev–Trinajstić information content (AvgIpc) is 3.66. The molecule has 3 aromatic carbocycles. The number of aromatic carboxylic acids is 1. The molecular formula is C36H31Cl2FN4O5. The number of likely N-dealkylation sites (tertiary alicyclic amines) is 1. The van der Waals surface area contributed by atoms with Crippen molar-refractivity contribution in [1.82, 2.24) is 14.7 Å². The van der Waals surface area contributed by atoms with Gasteiger partial charge in [-0.05, 0) is 67.5 Å². The SMILES string of the molecule is C=C(/C=C\C=C(/C)OCC)CN1[C@H]2COc3c4ccc(C(=O)O)cc4nn3[C@H]2[C@H](c2cccc(Cl)c2F)[C@]12C(=O)Nc1cc(Cl)ccc12. The first-order valence-corrected chi connectivity index (χ1v) is 16.2. The van der Waals surface area contributed by atoms with Gasteiger partial charge in [-0.3, -0.25) is 9.69 Å². The van der Waals surface area contributed by atoms with Gasteiger partial charge < -0.3 is 19.9 Å². The van der Waals surface area contributed by atoms with Gasteiger partial charge >= 0.3 is 5.97 Å². The van der Waals surface area contributed by atoms with Crippen molar-refractivity contribution in [2.45, 2.75) is 37.4 Å². The summed E-state index contributed by atoms with van der Waals surface area (Å²) in [5, 5.41) is 18.5. The van der Waals surface area contributed by atoms with Gasteiger partial charge in [-0.1, -0.05) is 60.1 Å². The summed E-state index contributed by atoms with van der Waals surface area (Å²) in [6, 6.07) is 13.4. The molecule has 0 saturated carbocycles. The zero-order chi connectivity index (χ0) is 33.9. The molecule has 48 heavy (non-hydrogen) atoms. The van der Waals surface area contributed by atoms with Crippen molar-refractivity contribution >= 4 is 51.7 Å². The van der Waals surface area contributed by atoms with Crippen LogP contribution in [0.4, 0.5) is 10.1 Å². The molecule has 4 heterocycles. The summed E-state index contributed by atoms with van der Waals surface area (Å²) in [4.78, 5) is 28.5. The Morgan fingerprint density at radius 2 is 2.06 bits per heavy atom. The summed E-state index contributed by atoms with van der Waals surface area (Å²) in [6.07, 6.45) is 5.51. The lowest BCUT2D eigenvalue weighted by molar-refractivity contribution is -0.127. The van der Waals surface area contributed by atoms with E-state index >= 15 is 4.39 Å². The van der Waals surface area contributed by atoms with Gasteiger partial charge in [-0.25, -0.2) is 13.9 Å². The second-order valence-corrected chi connectivity index (χ2v) is 12.9. The van der Waals surface area contributed by atoms with Gasteiger partial charge in [0.15, 0.2) is 0 Å². The van der Waals surface area contributed by atoms with Crippen molar-refractivity contribution in [1.29, 1.82) is 0 Å². The van der Waals surface area contributed by atoms with Crippen LogP contribution in [0.2, 0.25) is 10.0 Å². The van der Waals surface area contributed by atoms with E-state index < -0.39 is 35.3 Å². The number of carbonyl (C=O) groups excluding carboxylic acids is 1. The number of halogens is 3. The number of carboxylic acid groups (broad SMARTS) is 1. The fourth-order valence-corrected chi connectivity index (χ4v) is 7.83. The van der Waals surface area contributed by atoms with Crippen molar-refractivity contribution in [2.24, 2.45) is 0 Å². The van der Waals surface area contributed by atoms with E-state index in [9.17, 15) is 14.7 Å². The summed E-state index contributed by atoms with van der Waals surface area (Å²) in [6.45, 7) is 8.96. The van der Waals surface area contributed by atoms with E-state index in [1.54, 1.807) is 41.1 Å². The molecule has 2 N–H and O–H groups in total. The smallest absolute Gasteiger partial charge is 0.335 e. The lowest BCUT2D eigenvalue weighted by Gasteiger charge is -2.39. The Hall–Kier alpha value is -4.64. The van der Waals surface area contributed by atoms with Gasteiger partial charge in [-0.2, -0.15) is 5.10 Å². The standard InChI is InChI=1S/C36H31Cl2FN4O5/c1-4-47-20(3)8-5-7-19(2)17-42-29-18-48-33-23-13-11-21(34(44)45)15-27(23)41-43(33)32(29)30(24-9-6-10-26(38)31(24)39)36(42)25-14-12-22(37)16-28(25)40-35(36)46/h5-16,29-30,32H,2,4,17-18H2,1,3H3,(H,40,46)(H,44,45)/b7-5-,20-8+/t29-,30-,32+,36+/m0/s1. The topological polar surface area (TPSA) is 106 Å². The van der Waals surface area contributed by atoms with Crippen LogP contribution in [-0.2, 0) is 15.1 Å². The van der Waals surface area contributed by atoms with Crippen LogP contribution in [-0.4, -0.2) is 57.5 Å². The molecule has 3 aliphatic rings. The minimum Gasteiger partial charge on any atom is -0.499 e. The number of carbonyl (C=O) groups is 2. The van der Waals surface area contributed by atoms with E-state index in [-0.39, 0.29) is 35.2 Å². The normalized spacial score (nSPS) is 23.2. The monoisotopic (exact) mass is 688 g/mol. The van der Waals surface area contributed by atoms with Gasteiger partial charge in [0.2, 0.25) is 11.8 Å². The van der Waals surface area contributed by atoms with Crippen LogP contribution in [0.1, 0.15) is 47.3 Å². The largest absolute Gasteiger partial charge is 0.499 e. The maximum absolute atomic E-state index is 16.4. The fraction of sp³-hybridized carbons (Fsp3) is 0.250. The van der Waals surface area contributed by atoms with E-state index in [4.69, 9.17) is 37.8 Å². The molecule has 1 spiro atoms. The molecule has 246 valence electrons. The summed E-state index contributed by atoms with van der Waals surface area (Å²) < 4.78 is 29.9. The number of hydrogen-bond donors (Lipinski definition) is 2. The number of hydrogen-bond acceptors (Lipinski definition) is 6. The van der Waals surface area contributed by atoms with E-state index in [2.05, 4.69) is 11.9 Å². The van der Waals surface area contributed by atoms with Gasteiger partial charge in [0.05, 0.1) is 45.9 Å². The summed E-state index contributed by atoms with van der Waals surface area (Å²) in [7, 11) is 0. The number of nitrogens with zero attached hydrogens (tertiary/aromatic N) is 3. The Kier molecular flexibility index (Phi) is 8.06. The Balaban J connectivity index is 1.47. The second-order valence-electron chi connectivity index (χ2n) is 12.0. The minimum absolute atomic E-state index is 0.0640. The summed E-state index contributed by atoms with van der Waals surface area (Å²) in [5.41, 5.74) is 1.02. The van der Waals surface area contributed by atoms with Crippen molar-refractivity contribution in [3.05, 3.63) is 123 Å². The van der Waals surface area contributed by atoms with Crippen molar-refractivity contribution in [3.63, 3.8) is 0 Å². The van der Waals surface area contributed by atoms with Crippen LogP contribution in [0.5, 0.6) is 5.88 Å². The number of rotatable bonds is 8. The first-order chi connectivity index (χ1) is 23.1. The Labute approximate surface area is 285 Å². The molecule has 3 aliphatic heterocycles. The maximum atomic E-state index is 16.4. The Morgan fingerprint density at radius 3 is 2.83 bits per heavy atom. The maximum Gasteiger partial charge on any atom is 0.335 e. The highest BCUT2D eigenvalue weighted by Gasteiger charge is 2.69. The van der Waals surface area contributed by atoms with Gasteiger partial charge in [0.25, 0.3) is 0 Å². The average molecular weight is 690 g/mol. The molecule has 12 heteroatoms. The zero-order valence-electron chi connectivity index (χ0n) is 26.0. The number of fused-ring (bicyclic) bond motifs is 7. The van der Waals surface area contributed by atoms with Crippen LogP contribution in [0.3, 0.4) is 0 Å². The summed E-state index contributed by atoms with van der Waals surface area (Å²) >= 11 is 12.8. The molecule has 1 amide bonds. The van der Waals surface area contributed by atoms with E-state index in [1.165, 1.54) is 18.2 Å². The summed E-state index contributed by atoms with van der Waals surface area (Å²) in [5.74, 6) is -1.85. The van der Waals surface area contributed by atoms with Crippen LogP contribution < -0.4 is 10.1 Å². The molecule has 0 aliphatic carbocycles. The van der Waals surface area contributed by atoms with Crippen molar-refractivity contribution in [2.75, 3.05) is 25.1 Å². The third kappa shape index (κ3) is 4.89. The van der Waals surface area contributed by atoms with Crippen LogP contribution in [0.15, 0.2) is 90.7 Å². The van der Waals surface area contributed by atoms with Gasteiger partial charge in [-0.15, -0.1) is 0 Å². The number of nitrogens with one attached hydrogen (secondary N) is 1. The number of allylic oxidation sites excluding steroid dienone is 3. The number of aromatic nitrogens is 2. The van der Waals surface area contributed by atoms with Gasteiger partial charge in [0, 0.05) is 28.7 Å². The molecule has 0 radical (unpaired) electrons. The molecule has 9 nitrogen and oxygen atoms in total. The molecule has 1 saturated heterocycles. The van der Waals surface area contributed by atoms with Crippen LogP contribution in [0.25, 0.3) is 10.9 Å². The molecule has 0 bridgehead atoms. The van der Waals surface area contributed by atoms with E-state index in [1.807, 2.05) is 37.0 Å². The quantitative estimate of drug-likeness (QED) is 0.146. The number of amides is 1. The lowest BCUT2D eigenvalue weighted by Crippen LogP contribution is -2.53.